The molecule has 3 N–H and O–H groups in total. The van der Waals surface area contributed by atoms with Crippen LogP contribution in [0, 0.1) is 6.92 Å². The number of carbonyl (C=O) groups is 2. The number of hydrogen-bond donors (Lipinski definition) is 2. The molecule has 0 aliphatic carbocycles. The predicted octanol–water partition coefficient (Wildman–Crippen LogP) is 2.50. The van der Waals surface area contributed by atoms with Crippen molar-refractivity contribution in [3.05, 3.63) is 53.0 Å². The molecular weight excluding hydrogens is 360 g/mol. The van der Waals surface area contributed by atoms with Gasteiger partial charge < -0.3 is 20.5 Å². The van der Waals surface area contributed by atoms with Gasteiger partial charge in [-0.1, -0.05) is 6.07 Å². The molecule has 0 bridgehead atoms. The summed E-state index contributed by atoms with van der Waals surface area (Å²) in [4.78, 5) is 32.7. The molecule has 4 rings (SSSR count). The fourth-order valence-electron chi connectivity index (χ4n) is 3.36. The summed E-state index contributed by atoms with van der Waals surface area (Å²) < 4.78 is 10.4. The molecule has 0 atom stereocenters. The Kier molecular flexibility index (Phi) is 4.31. The van der Waals surface area contributed by atoms with Gasteiger partial charge in [0.2, 0.25) is 0 Å². The smallest absolute Gasteiger partial charge is 0.356 e. The Balaban J connectivity index is 1.95. The third-order valence-electron chi connectivity index (χ3n) is 4.69. The zero-order valence-electron chi connectivity index (χ0n) is 15.4. The van der Waals surface area contributed by atoms with Crippen molar-refractivity contribution in [1.29, 1.82) is 0 Å². The van der Waals surface area contributed by atoms with Crippen LogP contribution in [0.3, 0.4) is 0 Å². The number of nitrogens with two attached hydrogens (primary N) is 1. The van der Waals surface area contributed by atoms with Gasteiger partial charge in [0.25, 0.3) is 5.91 Å². The maximum Gasteiger partial charge on any atom is 0.356 e. The highest BCUT2D eigenvalue weighted by molar-refractivity contribution is 6.09. The molecule has 1 aliphatic rings. The number of nitrogens with one attached hydrogen (secondary N) is 1. The van der Waals surface area contributed by atoms with Crippen molar-refractivity contribution in [2.24, 2.45) is 5.73 Å². The number of pyridine rings is 2. The lowest BCUT2D eigenvalue weighted by molar-refractivity contribution is 0.0594. The van der Waals surface area contributed by atoms with Gasteiger partial charge in [-0.2, -0.15) is 0 Å². The number of aromatic nitrogens is 2. The lowest BCUT2D eigenvalue weighted by Gasteiger charge is -2.16. The molecule has 28 heavy (non-hydrogen) atoms. The monoisotopic (exact) mass is 378 g/mol. The van der Waals surface area contributed by atoms with E-state index in [9.17, 15) is 9.59 Å². The number of hydrogen-bond acceptors (Lipinski definition) is 7. The number of amides is 1. The Morgan fingerprint density at radius 2 is 2.14 bits per heavy atom. The minimum Gasteiger partial charge on any atom is -0.493 e. The van der Waals surface area contributed by atoms with E-state index in [1.807, 2.05) is 18.2 Å². The SMILES string of the molecule is COC(=O)c1cc2c(Nc3cccc4c3CCO4)c(C(N)=O)cnc2c(C)n1. The predicted molar refractivity (Wildman–Crippen MR) is 103 cm³/mol. The quantitative estimate of drug-likeness (QED) is 0.670. The number of rotatable bonds is 4. The van der Waals surface area contributed by atoms with Gasteiger partial charge >= 0.3 is 5.97 Å². The normalized spacial score (nSPS) is 12.4. The summed E-state index contributed by atoms with van der Waals surface area (Å²) >= 11 is 0. The molecule has 0 saturated carbocycles. The van der Waals surface area contributed by atoms with Gasteiger partial charge in [0, 0.05) is 29.3 Å². The second-order valence-corrected chi connectivity index (χ2v) is 6.40. The highest BCUT2D eigenvalue weighted by Crippen LogP contribution is 2.36. The number of anilines is 2. The van der Waals surface area contributed by atoms with Crippen molar-refractivity contribution in [3.8, 4) is 5.75 Å². The summed E-state index contributed by atoms with van der Waals surface area (Å²) in [6.07, 6.45) is 2.17. The fraction of sp³-hybridized carbons (Fsp3) is 0.200. The van der Waals surface area contributed by atoms with Gasteiger partial charge in [0.15, 0.2) is 0 Å². The number of ether oxygens (including phenoxy) is 2. The highest BCUT2D eigenvalue weighted by atomic mass is 16.5. The molecule has 1 aromatic carbocycles. The van der Waals surface area contributed by atoms with Gasteiger partial charge in [-0.05, 0) is 25.1 Å². The van der Waals surface area contributed by atoms with Gasteiger partial charge in [0.05, 0.1) is 36.2 Å². The van der Waals surface area contributed by atoms with Gasteiger partial charge in [-0.3, -0.25) is 9.78 Å². The van der Waals surface area contributed by atoms with E-state index in [0.29, 0.717) is 28.9 Å². The Bertz CT molecular complexity index is 1130. The molecule has 1 aliphatic heterocycles. The molecule has 8 nitrogen and oxygen atoms in total. The standard InChI is InChI=1S/C20H18N4O4/c1-10-17-12(8-15(23-10)20(26)27-2)18(13(9-22-17)19(21)25)24-14-4-3-5-16-11(14)6-7-28-16/h3-5,8-9H,6-7H2,1-2H3,(H2,21,25)(H,22,24). The van der Waals surface area contributed by atoms with Crippen LogP contribution in [0.4, 0.5) is 11.4 Å². The van der Waals surface area contributed by atoms with E-state index in [0.717, 1.165) is 23.4 Å². The Labute approximate surface area is 160 Å². The van der Waals surface area contributed by atoms with Crippen molar-refractivity contribution in [2.75, 3.05) is 19.0 Å². The second kappa shape index (κ2) is 6.80. The molecule has 0 saturated heterocycles. The largest absolute Gasteiger partial charge is 0.493 e. The van der Waals surface area contributed by atoms with Crippen LogP contribution in [0.15, 0.2) is 30.5 Å². The summed E-state index contributed by atoms with van der Waals surface area (Å²) in [5, 5.41) is 3.86. The van der Waals surface area contributed by atoms with E-state index in [1.165, 1.54) is 13.3 Å². The molecule has 0 radical (unpaired) electrons. The number of carbonyl (C=O) groups excluding carboxylic acids is 2. The minimum atomic E-state index is -0.630. The van der Waals surface area contributed by atoms with E-state index in [4.69, 9.17) is 15.2 Å². The first-order valence-corrected chi connectivity index (χ1v) is 8.69. The maximum atomic E-state index is 12.1. The lowest BCUT2D eigenvalue weighted by atomic mass is 10.1. The molecule has 3 heterocycles. The van der Waals surface area contributed by atoms with E-state index < -0.39 is 11.9 Å². The Hall–Kier alpha value is -3.68. The average molecular weight is 378 g/mol. The van der Waals surface area contributed by atoms with Crippen LogP contribution in [-0.4, -0.2) is 35.6 Å². The summed E-state index contributed by atoms with van der Waals surface area (Å²) in [6, 6.07) is 7.22. The topological polar surface area (TPSA) is 116 Å². The first-order valence-electron chi connectivity index (χ1n) is 8.69. The van der Waals surface area contributed by atoms with Crippen LogP contribution in [0.5, 0.6) is 5.75 Å². The van der Waals surface area contributed by atoms with Gasteiger partial charge in [-0.25, -0.2) is 9.78 Å². The molecule has 142 valence electrons. The van der Waals surface area contributed by atoms with Crippen molar-refractivity contribution >= 4 is 34.2 Å². The van der Waals surface area contributed by atoms with Crippen LogP contribution in [0.2, 0.25) is 0 Å². The summed E-state index contributed by atoms with van der Waals surface area (Å²) in [6.45, 7) is 2.34. The number of aryl methyl sites for hydroxylation is 1. The van der Waals surface area contributed by atoms with Gasteiger partial charge in [-0.15, -0.1) is 0 Å². The number of benzene rings is 1. The van der Waals surface area contributed by atoms with Crippen LogP contribution in [0.25, 0.3) is 10.9 Å². The second-order valence-electron chi connectivity index (χ2n) is 6.40. The number of methoxy groups -OCH3 is 1. The van der Waals surface area contributed by atoms with E-state index in [-0.39, 0.29) is 11.3 Å². The maximum absolute atomic E-state index is 12.1. The Morgan fingerprint density at radius 1 is 1.32 bits per heavy atom. The molecule has 8 heteroatoms. The highest BCUT2D eigenvalue weighted by Gasteiger charge is 2.21. The van der Waals surface area contributed by atoms with E-state index in [2.05, 4.69) is 15.3 Å². The number of fused-ring (bicyclic) bond motifs is 2. The van der Waals surface area contributed by atoms with Crippen LogP contribution >= 0.6 is 0 Å². The summed E-state index contributed by atoms with van der Waals surface area (Å²) in [5.41, 5.74) is 9.31. The fourth-order valence-corrected chi connectivity index (χ4v) is 3.36. The first-order chi connectivity index (χ1) is 13.5. The average Bonchev–Trinajstić information content (AvgIpc) is 3.17. The van der Waals surface area contributed by atoms with Crippen LogP contribution < -0.4 is 15.8 Å². The molecule has 0 spiro atoms. The van der Waals surface area contributed by atoms with E-state index >= 15 is 0 Å². The van der Waals surface area contributed by atoms with Crippen molar-refractivity contribution < 1.29 is 19.1 Å². The molecular formula is C20H18N4O4. The van der Waals surface area contributed by atoms with Crippen molar-refractivity contribution in [2.45, 2.75) is 13.3 Å². The zero-order chi connectivity index (χ0) is 19.8. The third kappa shape index (κ3) is 2.88. The molecule has 3 aromatic rings. The van der Waals surface area contributed by atoms with Gasteiger partial charge in [0.1, 0.15) is 11.4 Å². The zero-order valence-corrected chi connectivity index (χ0v) is 15.4. The summed E-state index contributed by atoms with van der Waals surface area (Å²) in [7, 11) is 1.29. The molecule has 0 unspecified atom stereocenters. The van der Waals surface area contributed by atoms with Crippen LogP contribution in [0.1, 0.15) is 32.1 Å². The first kappa shape index (κ1) is 17.7. The number of primary amides is 1. The minimum absolute atomic E-state index is 0.126. The summed E-state index contributed by atoms with van der Waals surface area (Å²) in [5.74, 6) is -0.402. The van der Waals surface area contributed by atoms with Crippen LogP contribution in [-0.2, 0) is 11.2 Å². The molecule has 2 aromatic heterocycles. The lowest BCUT2D eigenvalue weighted by Crippen LogP contribution is -2.15. The number of nitrogens with zero attached hydrogens (tertiary/aromatic N) is 2. The van der Waals surface area contributed by atoms with E-state index in [1.54, 1.807) is 13.0 Å². The number of esters is 1. The molecule has 1 amide bonds. The Morgan fingerprint density at radius 3 is 2.89 bits per heavy atom. The van der Waals surface area contributed by atoms with Crippen molar-refractivity contribution in [1.82, 2.24) is 9.97 Å². The molecule has 0 fully saturated rings. The third-order valence-corrected chi connectivity index (χ3v) is 4.69. The van der Waals surface area contributed by atoms with Crippen molar-refractivity contribution in [3.63, 3.8) is 0 Å².